The van der Waals surface area contributed by atoms with Gasteiger partial charge in [0.15, 0.2) is 0 Å². The van der Waals surface area contributed by atoms with E-state index >= 15 is 0 Å². The maximum absolute atomic E-state index is 12.1. The summed E-state index contributed by atoms with van der Waals surface area (Å²) in [6.07, 6.45) is 2.63. The SMILES string of the molecule is O=S(=O)(NCc1ccccc1Cl)c1cnccc1Cl. The number of hydrogen-bond acceptors (Lipinski definition) is 3. The number of benzene rings is 1. The average Bonchev–Trinajstić information content (AvgIpc) is 2.38. The fourth-order valence-corrected chi connectivity index (χ4v) is 3.09. The third-order valence-corrected chi connectivity index (χ3v) is 4.67. The van der Waals surface area contributed by atoms with Crippen molar-refractivity contribution in [1.29, 1.82) is 0 Å². The Labute approximate surface area is 121 Å². The lowest BCUT2D eigenvalue weighted by Gasteiger charge is -2.08. The van der Waals surface area contributed by atoms with Crippen molar-refractivity contribution in [2.24, 2.45) is 0 Å². The highest BCUT2D eigenvalue weighted by Crippen LogP contribution is 2.20. The molecule has 0 aliphatic heterocycles. The van der Waals surface area contributed by atoms with Crippen LogP contribution in [0.25, 0.3) is 0 Å². The first kappa shape index (κ1) is 14.3. The van der Waals surface area contributed by atoms with E-state index in [4.69, 9.17) is 23.2 Å². The summed E-state index contributed by atoms with van der Waals surface area (Å²) < 4.78 is 26.6. The van der Waals surface area contributed by atoms with Gasteiger partial charge < -0.3 is 0 Å². The zero-order valence-corrected chi connectivity index (χ0v) is 12.0. The van der Waals surface area contributed by atoms with Gasteiger partial charge in [-0.25, -0.2) is 13.1 Å². The molecular formula is C12H10Cl2N2O2S. The second-order valence-electron chi connectivity index (χ2n) is 3.72. The zero-order valence-electron chi connectivity index (χ0n) is 9.68. The van der Waals surface area contributed by atoms with Crippen molar-refractivity contribution in [1.82, 2.24) is 9.71 Å². The van der Waals surface area contributed by atoms with Gasteiger partial charge in [0, 0.05) is 24.0 Å². The molecular weight excluding hydrogens is 307 g/mol. The summed E-state index contributed by atoms with van der Waals surface area (Å²) in [7, 11) is -3.71. The van der Waals surface area contributed by atoms with Gasteiger partial charge >= 0.3 is 0 Å². The number of sulfonamides is 1. The Morgan fingerprint density at radius 3 is 2.53 bits per heavy atom. The van der Waals surface area contributed by atoms with Crippen LogP contribution in [0.2, 0.25) is 10.0 Å². The molecule has 0 bridgehead atoms. The third kappa shape index (κ3) is 3.45. The predicted octanol–water partition coefficient (Wildman–Crippen LogP) is 2.87. The summed E-state index contributed by atoms with van der Waals surface area (Å²) in [5.41, 5.74) is 0.688. The Balaban J connectivity index is 2.20. The first-order valence-corrected chi connectivity index (χ1v) is 7.57. The van der Waals surface area contributed by atoms with Crippen LogP contribution in [-0.4, -0.2) is 13.4 Å². The van der Waals surface area contributed by atoms with E-state index in [1.165, 1.54) is 18.5 Å². The van der Waals surface area contributed by atoms with Crippen molar-refractivity contribution >= 4 is 33.2 Å². The van der Waals surface area contributed by atoms with Crippen molar-refractivity contribution in [3.63, 3.8) is 0 Å². The summed E-state index contributed by atoms with van der Waals surface area (Å²) in [6, 6.07) is 8.43. The summed E-state index contributed by atoms with van der Waals surface area (Å²) in [5, 5.41) is 0.629. The van der Waals surface area contributed by atoms with Crippen LogP contribution in [0.3, 0.4) is 0 Å². The van der Waals surface area contributed by atoms with Gasteiger partial charge in [0.05, 0.1) is 5.02 Å². The van der Waals surface area contributed by atoms with Crippen LogP contribution < -0.4 is 4.72 Å². The maximum atomic E-state index is 12.1. The first-order valence-electron chi connectivity index (χ1n) is 5.33. The smallest absolute Gasteiger partial charge is 0.243 e. The lowest BCUT2D eigenvalue weighted by atomic mass is 10.2. The Morgan fingerprint density at radius 1 is 1.11 bits per heavy atom. The zero-order chi connectivity index (χ0) is 13.9. The van der Waals surface area contributed by atoms with Crippen LogP contribution in [0.5, 0.6) is 0 Å². The molecule has 0 fully saturated rings. The van der Waals surface area contributed by atoms with Gasteiger partial charge in [-0.3, -0.25) is 4.98 Å². The van der Waals surface area contributed by atoms with Gasteiger partial charge in [-0.1, -0.05) is 41.4 Å². The van der Waals surface area contributed by atoms with E-state index in [2.05, 4.69) is 9.71 Å². The van der Waals surface area contributed by atoms with Crippen molar-refractivity contribution < 1.29 is 8.42 Å². The molecule has 0 aliphatic carbocycles. The third-order valence-electron chi connectivity index (χ3n) is 2.43. The summed E-state index contributed by atoms with van der Waals surface area (Å²) in [5.74, 6) is 0. The highest BCUT2D eigenvalue weighted by molar-refractivity contribution is 7.89. The number of pyridine rings is 1. The molecule has 0 amide bonds. The predicted molar refractivity (Wildman–Crippen MR) is 74.7 cm³/mol. The normalized spacial score (nSPS) is 11.5. The standard InChI is InChI=1S/C12H10Cl2N2O2S/c13-10-4-2-1-3-9(10)7-16-19(17,18)12-8-15-6-5-11(12)14/h1-6,8,16H,7H2. The lowest BCUT2D eigenvalue weighted by molar-refractivity contribution is 0.581. The summed E-state index contributed by atoms with van der Waals surface area (Å²) in [6.45, 7) is 0.0905. The highest BCUT2D eigenvalue weighted by Gasteiger charge is 2.17. The van der Waals surface area contributed by atoms with Gasteiger partial charge in [0.2, 0.25) is 10.0 Å². The minimum absolute atomic E-state index is 0.0521. The Hall–Kier alpha value is -1.14. The van der Waals surface area contributed by atoms with E-state index < -0.39 is 10.0 Å². The Bertz CT molecular complexity index is 690. The van der Waals surface area contributed by atoms with Crippen LogP contribution in [0.4, 0.5) is 0 Å². The van der Waals surface area contributed by atoms with E-state index in [1.807, 2.05) is 0 Å². The molecule has 0 aliphatic rings. The fourth-order valence-electron chi connectivity index (χ4n) is 1.45. The first-order chi connectivity index (χ1) is 9.00. The lowest BCUT2D eigenvalue weighted by Crippen LogP contribution is -2.23. The second kappa shape index (κ2) is 5.88. The molecule has 100 valence electrons. The van der Waals surface area contributed by atoms with Crippen LogP contribution in [0.15, 0.2) is 47.6 Å². The summed E-state index contributed by atoms with van der Waals surface area (Å²) in [4.78, 5) is 3.70. The van der Waals surface area contributed by atoms with Crippen molar-refractivity contribution in [2.45, 2.75) is 11.4 Å². The minimum atomic E-state index is -3.71. The monoisotopic (exact) mass is 316 g/mol. The van der Waals surface area contributed by atoms with E-state index in [9.17, 15) is 8.42 Å². The van der Waals surface area contributed by atoms with Crippen molar-refractivity contribution in [3.8, 4) is 0 Å². The molecule has 0 radical (unpaired) electrons. The van der Waals surface area contributed by atoms with Gasteiger partial charge in [0.1, 0.15) is 4.90 Å². The molecule has 1 aromatic carbocycles. The Morgan fingerprint density at radius 2 is 1.84 bits per heavy atom. The second-order valence-corrected chi connectivity index (χ2v) is 6.27. The number of halogens is 2. The van der Waals surface area contributed by atoms with Gasteiger partial charge in [-0.15, -0.1) is 0 Å². The van der Waals surface area contributed by atoms with E-state index in [0.29, 0.717) is 10.6 Å². The van der Waals surface area contributed by atoms with E-state index in [-0.39, 0.29) is 16.5 Å². The molecule has 0 saturated heterocycles. The Kier molecular flexibility index (Phi) is 4.42. The molecule has 2 rings (SSSR count). The van der Waals surface area contributed by atoms with E-state index in [0.717, 1.165) is 0 Å². The molecule has 1 aromatic heterocycles. The molecule has 4 nitrogen and oxygen atoms in total. The number of rotatable bonds is 4. The number of nitrogens with one attached hydrogen (secondary N) is 1. The number of nitrogens with zero attached hydrogens (tertiary/aromatic N) is 1. The molecule has 0 spiro atoms. The van der Waals surface area contributed by atoms with Crippen LogP contribution in [0.1, 0.15) is 5.56 Å². The molecule has 0 saturated carbocycles. The van der Waals surface area contributed by atoms with Gasteiger partial charge in [0.25, 0.3) is 0 Å². The van der Waals surface area contributed by atoms with Crippen molar-refractivity contribution in [2.75, 3.05) is 0 Å². The van der Waals surface area contributed by atoms with Gasteiger partial charge in [-0.05, 0) is 17.7 Å². The fraction of sp³-hybridized carbons (Fsp3) is 0.0833. The average molecular weight is 317 g/mol. The molecule has 19 heavy (non-hydrogen) atoms. The minimum Gasteiger partial charge on any atom is -0.263 e. The molecule has 2 aromatic rings. The molecule has 1 N–H and O–H groups in total. The maximum Gasteiger partial charge on any atom is 0.243 e. The highest BCUT2D eigenvalue weighted by atomic mass is 35.5. The van der Waals surface area contributed by atoms with Gasteiger partial charge in [-0.2, -0.15) is 0 Å². The van der Waals surface area contributed by atoms with Crippen molar-refractivity contribution in [3.05, 3.63) is 58.3 Å². The molecule has 0 unspecified atom stereocenters. The van der Waals surface area contributed by atoms with Crippen LogP contribution in [-0.2, 0) is 16.6 Å². The van der Waals surface area contributed by atoms with E-state index in [1.54, 1.807) is 24.3 Å². The quantitative estimate of drug-likeness (QED) is 0.943. The number of hydrogen-bond donors (Lipinski definition) is 1. The topological polar surface area (TPSA) is 59.1 Å². The molecule has 0 atom stereocenters. The van der Waals surface area contributed by atoms with Crippen LogP contribution in [0, 0.1) is 0 Å². The largest absolute Gasteiger partial charge is 0.263 e. The van der Waals surface area contributed by atoms with Crippen LogP contribution >= 0.6 is 23.2 Å². The molecule has 1 heterocycles. The molecule has 7 heteroatoms. The summed E-state index contributed by atoms with van der Waals surface area (Å²) >= 11 is 11.8. The number of aromatic nitrogens is 1.